The Hall–Kier alpha value is -7.57. The summed E-state index contributed by atoms with van der Waals surface area (Å²) < 4.78 is 6.71. The molecule has 0 radical (unpaired) electrons. The minimum atomic E-state index is 0.539. The Balaban J connectivity index is 1.15. The van der Waals surface area contributed by atoms with E-state index >= 15 is 0 Å². The zero-order valence-electron chi connectivity index (χ0n) is 29.5. The number of benzene rings is 7. The Morgan fingerprint density at radius 2 is 0.764 bits per heavy atom. The van der Waals surface area contributed by atoms with E-state index in [0.29, 0.717) is 28.9 Å². The van der Waals surface area contributed by atoms with Crippen LogP contribution in [0.15, 0.2) is 192 Å². The fourth-order valence-electron chi connectivity index (χ4n) is 7.09. The van der Waals surface area contributed by atoms with Crippen molar-refractivity contribution in [3.63, 3.8) is 0 Å². The van der Waals surface area contributed by atoms with E-state index in [1.807, 2.05) is 115 Å². The summed E-state index contributed by atoms with van der Waals surface area (Å²) in [6.07, 6.45) is 0. The second-order valence-corrected chi connectivity index (χ2v) is 13.3. The van der Waals surface area contributed by atoms with E-state index in [-0.39, 0.29) is 0 Å². The molecule has 3 heterocycles. The summed E-state index contributed by atoms with van der Waals surface area (Å²) in [7, 11) is 0. The predicted molar refractivity (Wildman–Crippen MR) is 221 cm³/mol. The molecule has 0 aliphatic carbocycles. The summed E-state index contributed by atoms with van der Waals surface area (Å²) in [6.45, 7) is 0. The Labute approximate surface area is 317 Å². The third-order valence-electron chi connectivity index (χ3n) is 9.76. The predicted octanol–water partition coefficient (Wildman–Crippen LogP) is 12.2. The van der Waals surface area contributed by atoms with Gasteiger partial charge in [-0.15, -0.1) is 0 Å². The van der Waals surface area contributed by atoms with Gasteiger partial charge < -0.3 is 4.42 Å². The zero-order valence-corrected chi connectivity index (χ0v) is 29.5. The van der Waals surface area contributed by atoms with Crippen molar-refractivity contribution in [3.05, 3.63) is 188 Å². The summed E-state index contributed by atoms with van der Waals surface area (Å²) in [5.41, 5.74) is 10.8. The number of para-hydroxylation sites is 1. The molecule has 0 bridgehead atoms. The molecule has 6 heteroatoms. The van der Waals surface area contributed by atoms with Crippen molar-refractivity contribution in [1.29, 1.82) is 0 Å². The van der Waals surface area contributed by atoms with Crippen LogP contribution in [-0.2, 0) is 0 Å². The standard InChI is InChI=1S/C49H31N5O/c1-5-16-32(17-6-1)41-31-42(33-18-7-2-8-19-33)51-48(50-41)37-25-15-24-36(30-37)38-28-29-40(45-44(38)39-26-13-14-27-43(39)55-45)49-53-46(34-20-9-3-10-21-34)52-47(54-49)35-22-11-4-12-23-35/h1-31H. The lowest BCUT2D eigenvalue weighted by atomic mass is 9.95. The molecule has 0 fully saturated rings. The van der Waals surface area contributed by atoms with Crippen LogP contribution in [0.25, 0.3) is 101 Å². The molecule has 0 atom stereocenters. The molecule has 0 aliphatic heterocycles. The number of nitrogens with zero attached hydrogens (tertiary/aromatic N) is 5. The van der Waals surface area contributed by atoms with Crippen LogP contribution in [0.1, 0.15) is 0 Å². The molecule has 0 saturated heterocycles. The molecule has 6 nitrogen and oxygen atoms in total. The van der Waals surface area contributed by atoms with Gasteiger partial charge in [-0.05, 0) is 35.4 Å². The van der Waals surface area contributed by atoms with Crippen LogP contribution >= 0.6 is 0 Å². The van der Waals surface area contributed by atoms with Gasteiger partial charge in [0.15, 0.2) is 23.3 Å². The molecule has 3 aromatic heterocycles. The summed E-state index contributed by atoms with van der Waals surface area (Å²) >= 11 is 0. The van der Waals surface area contributed by atoms with Gasteiger partial charge in [-0.2, -0.15) is 0 Å². The Kier molecular flexibility index (Phi) is 8.04. The summed E-state index contributed by atoms with van der Waals surface area (Å²) in [6, 6.07) is 63.4. The third kappa shape index (κ3) is 6.11. The molecule has 0 aliphatic rings. The molecular formula is C49H31N5O. The molecule has 10 aromatic rings. The highest BCUT2D eigenvalue weighted by Gasteiger charge is 2.21. The van der Waals surface area contributed by atoms with E-state index in [2.05, 4.69) is 72.8 Å². The highest BCUT2D eigenvalue weighted by Crippen LogP contribution is 2.42. The molecular weight excluding hydrogens is 675 g/mol. The molecule has 0 unspecified atom stereocenters. The smallest absolute Gasteiger partial charge is 0.167 e. The van der Waals surface area contributed by atoms with Gasteiger partial charge in [-0.3, -0.25) is 0 Å². The van der Waals surface area contributed by atoms with Gasteiger partial charge >= 0.3 is 0 Å². The molecule has 0 amide bonds. The van der Waals surface area contributed by atoms with Gasteiger partial charge in [0.1, 0.15) is 11.2 Å². The number of fused-ring (bicyclic) bond motifs is 3. The van der Waals surface area contributed by atoms with Crippen LogP contribution in [0, 0.1) is 0 Å². The van der Waals surface area contributed by atoms with Crippen molar-refractivity contribution in [3.8, 4) is 79.2 Å². The van der Waals surface area contributed by atoms with Gasteiger partial charge in [-0.1, -0.05) is 164 Å². The first-order valence-electron chi connectivity index (χ1n) is 18.2. The minimum absolute atomic E-state index is 0.539. The molecule has 0 saturated carbocycles. The molecule has 0 spiro atoms. The van der Waals surface area contributed by atoms with Crippen molar-refractivity contribution in [1.82, 2.24) is 24.9 Å². The fourth-order valence-corrected chi connectivity index (χ4v) is 7.09. The second kappa shape index (κ2) is 13.8. The lowest BCUT2D eigenvalue weighted by Gasteiger charge is -2.12. The van der Waals surface area contributed by atoms with Crippen molar-refractivity contribution in [2.24, 2.45) is 0 Å². The topological polar surface area (TPSA) is 77.6 Å². The maximum Gasteiger partial charge on any atom is 0.167 e. The summed E-state index contributed by atoms with van der Waals surface area (Å²) in [5.74, 6) is 2.38. The largest absolute Gasteiger partial charge is 0.455 e. The van der Waals surface area contributed by atoms with Crippen LogP contribution in [0.5, 0.6) is 0 Å². The van der Waals surface area contributed by atoms with E-state index in [4.69, 9.17) is 29.3 Å². The molecule has 7 aromatic carbocycles. The van der Waals surface area contributed by atoms with Crippen LogP contribution in [0.4, 0.5) is 0 Å². The monoisotopic (exact) mass is 705 g/mol. The van der Waals surface area contributed by atoms with Crippen molar-refractivity contribution in [2.75, 3.05) is 0 Å². The van der Waals surface area contributed by atoms with Gasteiger partial charge in [0.25, 0.3) is 0 Å². The average Bonchev–Trinajstić information content (AvgIpc) is 3.67. The Bertz CT molecular complexity index is 2850. The number of aromatic nitrogens is 5. The first-order chi connectivity index (χ1) is 27.2. The zero-order chi connectivity index (χ0) is 36.6. The van der Waals surface area contributed by atoms with Gasteiger partial charge in [0.2, 0.25) is 0 Å². The van der Waals surface area contributed by atoms with E-state index in [1.54, 1.807) is 0 Å². The number of hydrogen-bond donors (Lipinski definition) is 0. The highest BCUT2D eigenvalue weighted by atomic mass is 16.3. The third-order valence-corrected chi connectivity index (χ3v) is 9.76. The van der Waals surface area contributed by atoms with E-state index in [1.165, 1.54) is 0 Å². The van der Waals surface area contributed by atoms with Gasteiger partial charge in [0, 0.05) is 38.6 Å². The SMILES string of the molecule is c1ccc(-c2cc(-c3ccccc3)nc(-c3cccc(-c4ccc(-c5nc(-c6ccccc6)nc(-c6ccccc6)n5)c5oc6ccccc6c45)c3)n2)cc1. The lowest BCUT2D eigenvalue weighted by Crippen LogP contribution is -2.00. The maximum absolute atomic E-state index is 6.71. The van der Waals surface area contributed by atoms with Crippen molar-refractivity contribution in [2.45, 2.75) is 0 Å². The normalized spacial score (nSPS) is 11.3. The summed E-state index contributed by atoms with van der Waals surface area (Å²) in [5, 5.41) is 1.99. The van der Waals surface area contributed by atoms with Crippen molar-refractivity contribution >= 4 is 21.9 Å². The molecule has 10 rings (SSSR count). The van der Waals surface area contributed by atoms with Crippen LogP contribution < -0.4 is 0 Å². The van der Waals surface area contributed by atoms with Crippen LogP contribution in [0.2, 0.25) is 0 Å². The maximum atomic E-state index is 6.71. The van der Waals surface area contributed by atoms with E-state index < -0.39 is 0 Å². The quantitative estimate of drug-likeness (QED) is 0.164. The Morgan fingerprint density at radius 1 is 0.309 bits per heavy atom. The van der Waals surface area contributed by atoms with E-state index in [9.17, 15) is 0 Å². The van der Waals surface area contributed by atoms with Crippen LogP contribution in [-0.4, -0.2) is 24.9 Å². The number of rotatable bonds is 7. The average molecular weight is 706 g/mol. The second-order valence-electron chi connectivity index (χ2n) is 13.3. The first-order valence-corrected chi connectivity index (χ1v) is 18.2. The van der Waals surface area contributed by atoms with Gasteiger partial charge in [-0.25, -0.2) is 24.9 Å². The number of hydrogen-bond acceptors (Lipinski definition) is 6. The van der Waals surface area contributed by atoms with Crippen molar-refractivity contribution < 1.29 is 4.42 Å². The fraction of sp³-hybridized carbons (Fsp3) is 0. The molecule has 55 heavy (non-hydrogen) atoms. The van der Waals surface area contributed by atoms with Crippen LogP contribution in [0.3, 0.4) is 0 Å². The van der Waals surface area contributed by atoms with Gasteiger partial charge in [0.05, 0.1) is 17.0 Å². The molecule has 0 N–H and O–H groups in total. The lowest BCUT2D eigenvalue weighted by molar-refractivity contribution is 0.669. The first kappa shape index (κ1) is 32.1. The number of furan rings is 1. The Morgan fingerprint density at radius 3 is 1.36 bits per heavy atom. The molecule has 258 valence electrons. The summed E-state index contributed by atoms with van der Waals surface area (Å²) in [4.78, 5) is 25.2. The minimum Gasteiger partial charge on any atom is -0.455 e. The highest BCUT2D eigenvalue weighted by molar-refractivity contribution is 6.16. The van der Waals surface area contributed by atoms with E-state index in [0.717, 1.165) is 72.3 Å².